The van der Waals surface area contributed by atoms with Gasteiger partial charge in [0.15, 0.2) is 0 Å². The summed E-state index contributed by atoms with van der Waals surface area (Å²) >= 11 is 5.97. The number of methoxy groups -OCH3 is 1. The van der Waals surface area contributed by atoms with Gasteiger partial charge in [-0.15, -0.1) is 11.6 Å². The van der Waals surface area contributed by atoms with Gasteiger partial charge in [-0.1, -0.05) is 13.8 Å². The topological polar surface area (TPSA) is 38.2 Å². The van der Waals surface area contributed by atoms with Crippen molar-refractivity contribution in [3.63, 3.8) is 0 Å². The fourth-order valence-corrected chi connectivity index (χ4v) is 1.88. The minimum atomic E-state index is 0.319. The molecule has 5 heteroatoms. The summed E-state index contributed by atoms with van der Waals surface area (Å²) in [5.41, 5.74) is 1.90. The van der Waals surface area contributed by atoms with Crippen LogP contribution in [-0.2, 0) is 10.6 Å². The molecule has 0 N–H and O–H groups in total. The molecule has 1 rings (SSSR count). The van der Waals surface area contributed by atoms with Crippen molar-refractivity contribution >= 4 is 17.3 Å². The summed E-state index contributed by atoms with van der Waals surface area (Å²) in [4.78, 5) is 11.0. The Morgan fingerprint density at radius 2 is 2.17 bits per heavy atom. The summed E-state index contributed by atoms with van der Waals surface area (Å²) in [7, 11) is 3.74. The van der Waals surface area contributed by atoms with Crippen LogP contribution in [0.1, 0.15) is 37.7 Å². The Morgan fingerprint density at radius 1 is 1.44 bits per heavy atom. The highest BCUT2D eigenvalue weighted by molar-refractivity contribution is 6.17. The average Bonchev–Trinajstić information content (AvgIpc) is 2.38. The Morgan fingerprint density at radius 3 is 2.72 bits per heavy atom. The molecule has 1 aromatic rings. The zero-order chi connectivity index (χ0) is 13.5. The quantitative estimate of drug-likeness (QED) is 0.565. The van der Waals surface area contributed by atoms with E-state index in [1.807, 2.05) is 13.2 Å². The van der Waals surface area contributed by atoms with Crippen molar-refractivity contribution in [2.75, 3.05) is 32.2 Å². The molecule has 0 saturated carbocycles. The predicted molar refractivity (Wildman–Crippen MR) is 75.4 cm³/mol. The maximum Gasteiger partial charge on any atom is 0.131 e. The van der Waals surface area contributed by atoms with Crippen LogP contribution < -0.4 is 4.90 Å². The fourth-order valence-electron chi connectivity index (χ4n) is 1.69. The lowest BCUT2D eigenvalue weighted by Gasteiger charge is -2.21. The van der Waals surface area contributed by atoms with E-state index >= 15 is 0 Å². The molecule has 4 nitrogen and oxygen atoms in total. The van der Waals surface area contributed by atoms with Crippen LogP contribution >= 0.6 is 11.6 Å². The molecule has 0 radical (unpaired) electrons. The largest absolute Gasteiger partial charge is 0.385 e. The second-order valence-electron chi connectivity index (χ2n) is 4.62. The van der Waals surface area contributed by atoms with Crippen LogP contribution in [0.25, 0.3) is 0 Å². The smallest absolute Gasteiger partial charge is 0.131 e. The highest BCUT2D eigenvalue weighted by Gasteiger charge is 2.12. The molecule has 18 heavy (non-hydrogen) atoms. The maximum atomic E-state index is 5.97. The zero-order valence-electron chi connectivity index (χ0n) is 11.6. The van der Waals surface area contributed by atoms with Gasteiger partial charge in [-0.2, -0.15) is 0 Å². The lowest BCUT2D eigenvalue weighted by molar-refractivity contribution is 0.196. The predicted octanol–water partition coefficient (Wildman–Crippen LogP) is 2.81. The van der Waals surface area contributed by atoms with E-state index in [9.17, 15) is 0 Å². The van der Waals surface area contributed by atoms with E-state index in [4.69, 9.17) is 16.3 Å². The van der Waals surface area contributed by atoms with Crippen LogP contribution in [0.5, 0.6) is 0 Å². The van der Waals surface area contributed by atoms with Gasteiger partial charge in [0.05, 0.1) is 23.5 Å². The van der Waals surface area contributed by atoms with Gasteiger partial charge in [0.1, 0.15) is 5.82 Å². The summed E-state index contributed by atoms with van der Waals surface area (Å²) in [6, 6.07) is 0. The van der Waals surface area contributed by atoms with E-state index < -0.39 is 0 Å². The van der Waals surface area contributed by atoms with Crippen LogP contribution in [-0.4, -0.2) is 37.3 Å². The van der Waals surface area contributed by atoms with Crippen LogP contribution in [0.2, 0.25) is 0 Å². The van der Waals surface area contributed by atoms with Crippen molar-refractivity contribution in [1.82, 2.24) is 9.97 Å². The summed E-state index contributed by atoms with van der Waals surface area (Å²) in [6.45, 7) is 5.82. The number of ether oxygens (including phenoxy) is 1. The Kier molecular flexibility index (Phi) is 6.36. The van der Waals surface area contributed by atoms with Crippen LogP contribution in [0, 0.1) is 0 Å². The standard InChI is InChI=1S/C13H22ClN3O/c1-10(2)13-15-9-12(11(8-14)16-13)17(3)6-5-7-18-4/h9-10H,5-8H2,1-4H3. The zero-order valence-corrected chi connectivity index (χ0v) is 12.4. The highest BCUT2D eigenvalue weighted by atomic mass is 35.5. The minimum absolute atomic E-state index is 0.319. The number of alkyl halides is 1. The molecular formula is C13H22ClN3O. The molecule has 0 aromatic carbocycles. The monoisotopic (exact) mass is 271 g/mol. The third-order valence-electron chi connectivity index (χ3n) is 2.76. The molecule has 102 valence electrons. The first-order valence-electron chi connectivity index (χ1n) is 6.22. The van der Waals surface area contributed by atoms with Gasteiger partial charge >= 0.3 is 0 Å². The van der Waals surface area contributed by atoms with Crippen molar-refractivity contribution in [2.45, 2.75) is 32.1 Å². The Hall–Kier alpha value is -0.870. The third kappa shape index (κ3) is 4.10. The van der Waals surface area contributed by atoms with E-state index in [0.29, 0.717) is 11.8 Å². The summed E-state index contributed by atoms with van der Waals surface area (Å²) < 4.78 is 5.05. The fraction of sp³-hybridized carbons (Fsp3) is 0.692. The van der Waals surface area contributed by atoms with Crippen molar-refractivity contribution in [3.8, 4) is 0 Å². The van der Waals surface area contributed by atoms with Gasteiger partial charge in [0, 0.05) is 33.2 Å². The maximum absolute atomic E-state index is 5.97. The Labute approximate surface area is 114 Å². The van der Waals surface area contributed by atoms with Crippen LogP contribution in [0.15, 0.2) is 6.20 Å². The normalized spacial score (nSPS) is 11.0. The molecule has 0 bridgehead atoms. The van der Waals surface area contributed by atoms with E-state index in [1.165, 1.54) is 0 Å². The Bertz CT molecular complexity index is 371. The summed E-state index contributed by atoms with van der Waals surface area (Å²) in [5, 5.41) is 0. The average molecular weight is 272 g/mol. The van der Waals surface area contributed by atoms with Gasteiger partial charge in [-0.3, -0.25) is 0 Å². The van der Waals surface area contributed by atoms with Crippen molar-refractivity contribution in [2.24, 2.45) is 0 Å². The number of hydrogen-bond donors (Lipinski definition) is 0. The SMILES string of the molecule is COCCCN(C)c1cnc(C(C)C)nc1CCl. The van der Waals surface area contributed by atoms with Gasteiger partial charge < -0.3 is 9.64 Å². The van der Waals surface area contributed by atoms with E-state index in [0.717, 1.165) is 36.8 Å². The second kappa shape index (κ2) is 7.54. The molecule has 0 aliphatic heterocycles. The van der Waals surface area contributed by atoms with Crippen molar-refractivity contribution in [1.29, 1.82) is 0 Å². The lowest BCUT2D eigenvalue weighted by Crippen LogP contribution is -2.22. The molecule has 0 spiro atoms. The van der Waals surface area contributed by atoms with E-state index in [1.54, 1.807) is 7.11 Å². The molecule has 1 aromatic heterocycles. The molecule has 0 unspecified atom stereocenters. The number of rotatable bonds is 7. The van der Waals surface area contributed by atoms with Crippen molar-refractivity contribution in [3.05, 3.63) is 17.7 Å². The molecule has 0 fully saturated rings. The highest BCUT2D eigenvalue weighted by Crippen LogP contribution is 2.21. The van der Waals surface area contributed by atoms with Crippen LogP contribution in [0.3, 0.4) is 0 Å². The summed E-state index contributed by atoms with van der Waals surface area (Å²) in [6.07, 6.45) is 2.84. The molecule has 0 saturated heterocycles. The lowest BCUT2D eigenvalue weighted by atomic mass is 10.2. The number of nitrogens with zero attached hydrogens (tertiary/aromatic N) is 3. The molecular weight excluding hydrogens is 250 g/mol. The number of hydrogen-bond acceptors (Lipinski definition) is 4. The van der Waals surface area contributed by atoms with Gasteiger partial charge in [0.2, 0.25) is 0 Å². The first-order chi connectivity index (χ1) is 8.60. The number of anilines is 1. The Balaban J connectivity index is 2.81. The first-order valence-corrected chi connectivity index (χ1v) is 6.75. The summed E-state index contributed by atoms with van der Waals surface area (Å²) in [5.74, 6) is 1.58. The third-order valence-corrected chi connectivity index (χ3v) is 3.01. The van der Waals surface area contributed by atoms with Crippen LogP contribution in [0.4, 0.5) is 5.69 Å². The number of aromatic nitrogens is 2. The van der Waals surface area contributed by atoms with Gasteiger partial charge in [-0.25, -0.2) is 9.97 Å². The minimum Gasteiger partial charge on any atom is -0.385 e. The second-order valence-corrected chi connectivity index (χ2v) is 4.88. The van der Waals surface area contributed by atoms with Crippen molar-refractivity contribution < 1.29 is 4.74 Å². The van der Waals surface area contributed by atoms with E-state index in [-0.39, 0.29) is 0 Å². The molecule has 0 aliphatic carbocycles. The van der Waals surface area contributed by atoms with E-state index in [2.05, 4.69) is 28.7 Å². The molecule has 0 atom stereocenters. The van der Waals surface area contributed by atoms with Gasteiger partial charge in [-0.05, 0) is 6.42 Å². The van der Waals surface area contributed by atoms with Gasteiger partial charge in [0.25, 0.3) is 0 Å². The molecule has 0 amide bonds. The number of halogens is 1. The molecule has 0 aliphatic rings. The first kappa shape index (κ1) is 15.2. The molecule has 1 heterocycles.